The second-order valence-corrected chi connectivity index (χ2v) is 7.00. The van der Waals surface area contributed by atoms with Crippen molar-refractivity contribution in [3.05, 3.63) is 29.8 Å². The summed E-state index contributed by atoms with van der Waals surface area (Å²) in [4.78, 5) is 0.313. The maximum Gasteiger partial charge on any atom is 0.240 e. The van der Waals surface area contributed by atoms with Gasteiger partial charge >= 0.3 is 0 Å². The molecule has 6 heteroatoms. The Morgan fingerprint density at radius 1 is 1.29 bits per heavy atom. The Bertz CT molecular complexity index is 522. The molecule has 0 bridgehead atoms. The predicted octanol–water partition coefficient (Wildman–Crippen LogP) is 1.30. The normalized spacial score (nSPS) is 19.0. The fourth-order valence-corrected chi connectivity index (χ4v) is 3.40. The molecule has 1 aromatic carbocycles. The highest BCUT2D eigenvalue weighted by Crippen LogP contribution is 2.14. The molecule has 118 valence electrons. The molecule has 2 rings (SSSR count). The molecule has 0 aromatic heterocycles. The lowest BCUT2D eigenvalue weighted by molar-refractivity contribution is 0.114. The average Bonchev–Trinajstić information content (AvgIpc) is 3.00. The molecular weight excluding hydrogens is 288 g/mol. The van der Waals surface area contributed by atoms with Gasteiger partial charge < -0.3 is 10.1 Å². The first-order valence-corrected chi connectivity index (χ1v) is 9.01. The molecule has 1 heterocycles. The zero-order valence-electron chi connectivity index (χ0n) is 12.5. The summed E-state index contributed by atoms with van der Waals surface area (Å²) < 4.78 is 32.4. The van der Waals surface area contributed by atoms with E-state index in [4.69, 9.17) is 4.74 Å². The monoisotopic (exact) mass is 312 g/mol. The van der Waals surface area contributed by atoms with Gasteiger partial charge in [0.1, 0.15) is 0 Å². The maximum atomic E-state index is 12.2. The van der Waals surface area contributed by atoms with E-state index in [9.17, 15) is 8.42 Å². The van der Waals surface area contributed by atoms with Crippen molar-refractivity contribution in [1.82, 2.24) is 10.0 Å². The highest BCUT2D eigenvalue weighted by molar-refractivity contribution is 7.89. The quantitative estimate of drug-likeness (QED) is 0.710. The molecule has 0 aliphatic carbocycles. The first-order chi connectivity index (χ1) is 10.1. The van der Waals surface area contributed by atoms with E-state index in [2.05, 4.69) is 17.0 Å². The largest absolute Gasteiger partial charge is 0.377 e. The van der Waals surface area contributed by atoms with Gasteiger partial charge in [0.05, 0.1) is 11.0 Å². The lowest BCUT2D eigenvalue weighted by atomic mass is 10.1. The van der Waals surface area contributed by atoms with E-state index >= 15 is 0 Å². The van der Waals surface area contributed by atoms with Gasteiger partial charge in [-0.15, -0.1) is 0 Å². The van der Waals surface area contributed by atoms with Crippen LogP contribution in [0.3, 0.4) is 0 Å². The molecular formula is C15H24N2O3S. The highest BCUT2D eigenvalue weighted by Gasteiger charge is 2.20. The zero-order chi connectivity index (χ0) is 15.1. The second-order valence-electron chi connectivity index (χ2n) is 5.23. The van der Waals surface area contributed by atoms with Crippen molar-refractivity contribution in [2.45, 2.75) is 37.2 Å². The minimum absolute atomic E-state index is 0.0131. The van der Waals surface area contributed by atoms with Gasteiger partial charge in [-0.3, -0.25) is 0 Å². The van der Waals surface area contributed by atoms with E-state index in [1.807, 2.05) is 12.1 Å². The maximum absolute atomic E-state index is 12.2. The van der Waals surface area contributed by atoms with Crippen molar-refractivity contribution in [1.29, 1.82) is 0 Å². The van der Waals surface area contributed by atoms with Crippen LogP contribution in [0.1, 0.15) is 25.3 Å². The summed E-state index contributed by atoms with van der Waals surface area (Å²) in [6.07, 6.45) is 2.84. The van der Waals surface area contributed by atoms with Crippen LogP contribution in [0.5, 0.6) is 0 Å². The molecule has 1 aromatic rings. The fraction of sp³-hybridized carbons (Fsp3) is 0.600. The van der Waals surface area contributed by atoms with Crippen LogP contribution >= 0.6 is 0 Å². The number of hydrogen-bond acceptors (Lipinski definition) is 4. The Balaban J connectivity index is 1.89. The van der Waals surface area contributed by atoms with Crippen molar-refractivity contribution in [2.75, 3.05) is 26.2 Å². The number of likely N-dealkylation sites (N-methyl/N-ethyl adjacent to an activating group) is 1. The summed E-state index contributed by atoms with van der Waals surface area (Å²) in [6.45, 7) is 4.99. The molecule has 1 aliphatic rings. The van der Waals surface area contributed by atoms with Gasteiger partial charge in [-0.1, -0.05) is 19.1 Å². The van der Waals surface area contributed by atoms with Crippen LogP contribution in [0, 0.1) is 0 Å². The molecule has 0 amide bonds. The molecule has 0 saturated carbocycles. The van der Waals surface area contributed by atoms with Gasteiger partial charge in [0.15, 0.2) is 0 Å². The number of sulfonamides is 1. The van der Waals surface area contributed by atoms with Gasteiger partial charge in [-0.05, 0) is 50.0 Å². The first kappa shape index (κ1) is 16.4. The standard InChI is InChI=1S/C15H24N2O3S/c1-2-16-10-9-13-5-7-15(8-6-13)21(18,19)17-12-14-4-3-11-20-14/h5-8,14,16-17H,2-4,9-12H2,1H3. The Kier molecular flexibility index (Phi) is 6.17. The molecule has 21 heavy (non-hydrogen) atoms. The van der Waals surface area contributed by atoms with Gasteiger partial charge in [-0.2, -0.15) is 0 Å². The van der Waals surface area contributed by atoms with E-state index in [-0.39, 0.29) is 6.10 Å². The van der Waals surface area contributed by atoms with E-state index in [1.165, 1.54) is 0 Å². The predicted molar refractivity (Wildman–Crippen MR) is 82.9 cm³/mol. The summed E-state index contributed by atoms with van der Waals surface area (Å²) in [6, 6.07) is 7.08. The van der Waals surface area contributed by atoms with E-state index in [1.54, 1.807) is 12.1 Å². The molecule has 2 N–H and O–H groups in total. The van der Waals surface area contributed by atoms with Gasteiger partial charge in [0.2, 0.25) is 10.0 Å². The number of rotatable bonds is 8. The van der Waals surface area contributed by atoms with Crippen LogP contribution in [0.2, 0.25) is 0 Å². The summed E-state index contributed by atoms with van der Waals surface area (Å²) in [5, 5.41) is 3.25. The van der Waals surface area contributed by atoms with Crippen LogP contribution in [0.25, 0.3) is 0 Å². The Morgan fingerprint density at radius 3 is 2.67 bits per heavy atom. The second kappa shape index (κ2) is 7.89. The smallest absolute Gasteiger partial charge is 0.240 e. The molecule has 1 unspecified atom stereocenters. The lowest BCUT2D eigenvalue weighted by Gasteiger charge is -2.11. The Morgan fingerprint density at radius 2 is 2.05 bits per heavy atom. The summed E-state index contributed by atoms with van der Waals surface area (Å²) in [5.74, 6) is 0. The Labute approximate surface area is 127 Å². The molecule has 0 radical (unpaired) electrons. The van der Waals surface area contributed by atoms with Crippen molar-refractivity contribution in [3.63, 3.8) is 0 Å². The van der Waals surface area contributed by atoms with Crippen LogP contribution in [0.4, 0.5) is 0 Å². The SMILES string of the molecule is CCNCCc1ccc(S(=O)(=O)NCC2CCCO2)cc1. The molecule has 1 saturated heterocycles. The fourth-order valence-electron chi connectivity index (χ4n) is 2.34. The molecule has 1 atom stereocenters. The zero-order valence-corrected chi connectivity index (χ0v) is 13.3. The molecule has 5 nitrogen and oxygen atoms in total. The minimum Gasteiger partial charge on any atom is -0.377 e. The van der Waals surface area contributed by atoms with Crippen molar-refractivity contribution >= 4 is 10.0 Å². The van der Waals surface area contributed by atoms with Crippen LogP contribution < -0.4 is 10.0 Å². The van der Waals surface area contributed by atoms with E-state index in [0.29, 0.717) is 11.4 Å². The Hall–Kier alpha value is -0.950. The summed E-state index contributed by atoms with van der Waals surface area (Å²) >= 11 is 0. The highest BCUT2D eigenvalue weighted by atomic mass is 32.2. The molecule has 1 aliphatic heterocycles. The van der Waals surface area contributed by atoms with Gasteiger partial charge in [0, 0.05) is 13.2 Å². The van der Waals surface area contributed by atoms with Gasteiger partial charge in [-0.25, -0.2) is 13.1 Å². The number of nitrogens with one attached hydrogen (secondary N) is 2. The third-order valence-corrected chi connectivity index (χ3v) is 5.04. The van der Waals surface area contributed by atoms with Crippen molar-refractivity contribution in [2.24, 2.45) is 0 Å². The third-order valence-electron chi connectivity index (χ3n) is 3.60. The minimum atomic E-state index is -3.44. The lowest BCUT2D eigenvalue weighted by Crippen LogP contribution is -2.31. The van der Waals surface area contributed by atoms with Gasteiger partial charge in [0.25, 0.3) is 0 Å². The molecule has 0 spiro atoms. The number of benzene rings is 1. The van der Waals surface area contributed by atoms with Crippen LogP contribution in [-0.4, -0.2) is 40.8 Å². The van der Waals surface area contributed by atoms with E-state index < -0.39 is 10.0 Å². The van der Waals surface area contributed by atoms with Crippen LogP contribution in [-0.2, 0) is 21.2 Å². The summed E-state index contributed by atoms with van der Waals surface area (Å²) in [7, 11) is -3.44. The third kappa shape index (κ3) is 5.07. The summed E-state index contributed by atoms with van der Waals surface area (Å²) in [5.41, 5.74) is 1.13. The average molecular weight is 312 g/mol. The molecule has 1 fully saturated rings. The van der Waals surface area contributed by atoms with E-state index in [0.717, 1.165) is 44.5 Å². The first-order valence-electron chi connectivity index (χ1n) is 7.53. The van der Waals surface area contributed by atoms with Crippen LogP contribution in [0.15, 0.2) is 29.2 Å². The number of hydrogen-bond donors (Lipinski definition) is 2. The topological polar surface area (TPSA) is 67.4 Å². The van der Waals surface area contributed by atoms with Crippen molar-refractivity contribution in [3.8, 4) is 0 Å². The van der Waals surface area contributed by atoms with Crippen molar-refractivity contribution < 1.29 is 13.2 Å². The number of ether oxygens (including phenoxy) is 1.